The Labute approximate surface area is 203 Å². The summed E-state index contributed by atoms with van der Waals surface area (Å²) in [5, 5.41) is 0. The Morgan fingerprint density at radius 2 is 1.09 bits per heavy atom. The third kappa shape index (κ3) is 10.9. The molecule has 6 heteroatoms. The molecule has 0 heterocycles. The smallest absolute Gasteiger partial charge is 0.289 e. The fraction of sp³-hybridized carbons (Fsp3) is 0.429. The molecule has 6 nitrogen and oxygen atoms in total. The average Bonchev–Trinajstić information content (AvgIpc) is 2.83. The molecule has 34 heavy (non-hydrogen) atoms. The summed E-state index contributed by atoms with van der Waals surface area (Å²) in [6.45, 7) is 7.62. The van der Waals surface area contributed by atoms with Gasteiger partial charge >= 0.3 is 18.2 Å². The molecule has 2 rings (SSSR count). The van der Waals surface area contributed by atoms with Crippen molar-refractivity contribution >= 4 is 11.9 Å². The third-order valence-electron chi connectivity index (χ3n) is 5.31. The van der Waals surface area contributed by atoms with Gasteiger partial charge in [-0.15, -0.1) is 9.78 Å². The zero-order valence-corrected chi connectivity index (χ0v) is 20.3. The number of carbonyl (C=O) groups is 2. The molecule has 2 radical (unpaired) electrons. The summed E-state index contributed by atoms with van der Waals surface area (Å²) in [5.41, 5.74) is 2.56. The lowest BCUT2D eigenvalue weighted by Gasteiger charge is -2.14. The lowest BCUT2D eigenvalue weighted by atomic mass is 10.1. The van der Waals surface area contributed by atoms with Crippen LogP contribution in [0.2, 0.25) is 0 Å². The number of unbranched alkanes of at least 4 members (excludes halogenated alkanes) is 8. The Morgan fingerprint density at radius 1 is 0.647 bits per heavy atom. The molecule has 0 spiro atoms. The van der Waals surface area contributed by atoms with Crippen LogP contribution >= 0.6 is 0 Å². The van der Waals surface area contributed by atoms with Crippen molar-refractivity contribution in [1.82, 2.24) is 0 Å². The van der Waals surface area contributed by atoms with Crippen molar-refractivity contribution in [2.24, 2.45) is 0 Å². The largest absolute Gasteiger partial charge is 0.373 e. The number of carbonyl (C=O) groups excluding carboxylic acids is 2. The van der Waals surface area contributed by atoms with E-state index in [4.69, 9.17) is 19.6 Å². The zero-order chi connectivity index (χ0) is 24.6. The summed E-state index contributed by atoms with van der Waals surface area (Å²) in [4.78, 5) is 44.7. The minimum atomic E-state index is -0.655. The highest BCUT2D eigenvalue weighted by Crippen LogP contribution is 2.20. The molecule has 2 aromatic carbocycles. The van der Waals surface area contributed by atoms with Crippen LogP contribution in [0.4, 0.5) is 0 Å². The van der Waals surface area contributed by atoms with E-state index >= 15 is 0 Å². The van der Waals surface area contributed by atoms with Crippen molar-refractivity contribution in [1.29, 1.82) is 0 Å². The Hall–Kier alpha value is -2.70. The Morgan fingerprint density at radius 3 is 1.53 bits per heavy atom. The van der Waals surface area contributed by atoms with E-state index in [0.717, 1.165) is 36.8 Å². The molecule has 0 aliphatic carbocycles. The molecular weight excluding hydrogens is 432 g/mol. The van der Waals surface area contributed by atoms with E-state index in [0.29, 0.717) is 17.5 Å². The van der Waals surface area contributed by atoms with Crippen LogP contribution < -0.4 is 0 Å². The van der Waals surface area contributed by atoms with Crippen LogP contribution in [0.3, 0.4) is 0 Å². The van der Waals surface area contributed by atoms with Gasteiger partial charge in [0.25, 0.3) is 0 Å². The van der Waals surface area contributed by atoms with E-state index in [1.54, 1.807) is 36.4 Å². The Balaban J connectivity index is 1.81. The second-order valence-electron chi connectivity index (χ2n) is 8.45. The summed E-state index contributed by atoms with van der Waals surface area (Å²) in [6, 6.07) is 13.9. The van der Waals surface area contributed by atoms with E-state index in [-0.39, 0.29) is 6.29 Å². The topological polar surface area (TPSA) is 71.1 Å². The summed E-state index contributed by atoms with van der Waals surface area (Å²) < 4.78 is 0. The summed E-state index contributed by atoms with van der Waals surface area (Å²) in [5.74, 6) is -1.31. The van der Waals surface area contributed by atoms with Crippen LogP contribution in [0.15, 0.2) is 48.5 Å². The molecule has 0 amide bonds. The van der Waals surface area contributed by atoms with Crippen LogP contribution in [0.5, 0.6) is 0 Å². The summed E-state index contributed by atoms with van der Waals surface area (Å²) in [7, 11) is 0. The maximum atomic E-state index is 12.3. The van der Waals surface area contributed by atoms with Gasteiger partial charge in [-0.3, -0.25) is 9.78 Å². The van der Waals surface area contributed by atoms with Crippen molar-refractivity contribution in [2.45, 2.75) is 78.1 Å². The predicted octanol–water partition coefficient (Wildman–Crippen LogP) is 7.41. The molecule has 0 unspecified atom stereocenters. The van der Waals surface area contributed by atoms with Gasteiger partial charge in [-0.2, -0.15) is 0 Å². The van der Waals surface area contributed by atoms with Gasteiger partial charge in [0.2, 0.25) is 0 Å². The fourth-order valence-corrected chi connectivity index (χ4v) is 3.41. The van der Waals surface area contributed by atoms with Crippen molar-refractivity contribution in [2.75, 3.05) is 0 Å². The van der Waals surface area contributed by atoms with Crippen molar-refractivity contribution < 1.29 is 29.1 Å². The normalized spacial score (nSPS) is 10.9. The molecule has 0 aliphatic heterocycles. The first-order chi connectivity index (χ1) is 16.5. The second-order valence-corrected chi connectivity index (χ2v) is 8.45. The van der Waals surface area contributed by atoms with Crippen LogP contribution in [0.1, 0.15) is 96.1 Å². The predicted molar refractivity (Wildman–Crippen MR) is 130 cm³/mol. The highest BCUT2D eigenvalue weighted by atomic mass is 17.3. The van der Waals surface area contributed by atoms with Gasteiger partial charge in [0.05, 0.1) is 11.1 Å². The SMILES string of the molecule is [CH2]CCCCCCCCCC[C](OOC(=O)c1cccc(C)c1)OOC(=O)c1cccc(C)c1. The second kappa shape index (κ2) is 16.0. The lowest BCUT2D eigenvalue weighted by Crippen LogP contribution is -2.16. The van der Waals surface area contributed by atoms with E-state index < -0.39 is 11.9 Å². The minimum absolute atomic E-state index is 0.0718. The Bertz CT molecular complexity index is 817. The molecule has 0 saturated heterocycles. The van der Waals surface area contributed by atoms with Crippen LogP contribution in [-0.2, 0) is 19.6 Å². The summed E-state index contributed by atoms with van der Waals surface area (Å²) >= 11 is 0. The van der Waals surface area contributed by atoms with Crippen LogP contribution in [0.25, 0.3) is 0 Å². The average molecular weight is 469 g/mol. The monoisotopic (exact) mass is 468 g/mol. The molecule has 0 aromatic heterocycles. The number of hydrogen-bond donors (Lipinski definition) is 0. The van der Waals surface area contributed by atoms with Crippen LogP contribution in [0, 0.1) is 27.1 Å². The van der Waals surface area contributed by atoms with Gasteiger partial charge in [0.15, 0.2) is 0 Å². The molecule has 184 valence electrons. The van der Waals surface area contributed by atoms with Gasteiger partial charge < -0.3 is 0 Å². The first-order valence-electron chi connectivity index (χ1n) is 12.1. The van der Waals surface area contributed by atoms with E-state index in [2.05, 4.69) is 6.92 Å². The fourth-order valence-electron chi connectivity index (χ4n) is 3.41. The third-order valence-corrected chi connectivity index (χ3v) is 5.31. The minimum Gasteiger partial charge on any atom is -0.289 e. The van der Waals surface area contributed by atoms with Gasteiger partial charge in [-0.05, 0) is 44.5 Å². The molecule has 0 bridgehead atoms. The first kappa shape index (κ1) is 27.5. The molecule has 0 aliphatic rings. The molecular formula is C28H36O6. The highest BCUT2D eigenvalue weighted by molar-refractivity contribution is 5.89. The summed E-state index contributed by atoms with van der Waals surface area (Å²) in [6.07, 6.45) is 10.1. The quantitative estimate of drug-likeness (QED) is 0.145. The maximum absolute atomic E-state index is 12.3. The number of aryl methyl sites for hydroxylation is 2. The number of hydrogen-bond acceptors (Lipinski definition) is 6. The highest BCUT2D eigenvalue weighted by Gasteiger charge is 2.21. The first-order valence-corrected chi connectivity index (χ1v) is 12.1. The number of benzene rings is 2. The van der Waals surface area contributed by atoms with Gasteiger partial charge in [-0.1, -0.05) is 93.7 Å². The molecule has 0 saturated carbocycles. The molecule has 0 atom stereocenters. The van der Waals surface area contributed by atoms with Crippen LogP contribution in [-0.4, -0.2) is 11.9 Å². The zero-order valence-electron chi connectivity index (χ0n) is 20.3. The van der Waals surface area contributed by atoms with Crippen molar-refractivity contribution in [3.05, 3.63) is 84.0 Å². The maximum Gasteiger partial charge on any atom is 0.373 e. The molecule has 0 N–H and O–H groups in total. The van der Waals surface area contributed by atoms with Gasteiger partial charge in [0, 0.05) is 6.42 Å². The van der Waals surface area contributed by atoms with Crippen molar-refractivity contribution in [3.8, 4) is 0 Å². The van der Waals surface area contributed by atoms with E-state index in [1.807, 2.05) is 26.0 Å². The Kier molecular flexibility index (Phi) is 13.0. The van der Waals surface area contributed by atoms with E-state index in [1.165, 1.54) is 32.1 Å². The van der Waals surface area contributed by atoms with Gasteiger partial charge in [0.1, 0.15) is 0 Å². The standard InChI is InChI=1S/C28H36O6/c1-4-5-6-7-8-9-10-11-12-19-26(31-33-27(29)24-17-13-15-22(2)20-24)32-34-28(30)25-18-14-16-23(3)21-25/h13-18,20-21H,1,4-12,19H2,2-3H3. The molecule has 0 fully saturated rings. The van der Waals surface area contributed by atoms with E-state index in [9.17, 15) is 9.59 Å². The van der Waals surface area contributed by atoms with Gasteiger partial charge in [-0.25, -0.2) is 9.59 Å². The lowest BCUT2D eigenvalue weighted by molar-refractivity contribution is -0.363. The number of rotatable bonds is 16. The molecule has 2 aromatic rings. The van der Waals surface area contributed by atoms with Crippen molar-refractivity contribution in [3.63, 3.8) is 0 Å².